The van der Waals surface area contributed by atoms with Gasteiger partial charge in [0.15, 0.2) is 5.11 Å². The SMILES string of the molecule is CCCc1ccc(C(C)NC(=S)NCc2ccco2)cc1. The summed E-state index contributed by atoms with van der Waals surface area (Å²) in [6, 6.07) is 12.7. The molecule has 0 fully saturated rings. The smallest absolute Gasteiger partial charge is 0.167 e. The molecule has 2 N–H and O–H groups in total. The van der Waals surface area contributed by atoms with E-state index in [0.29, 0.717) is 11.7 Å². The maximum atomic E-state index is 5.31. The fraction of sp³-hybridized carbons (Fsp3) is 0.353. The first-order valence-electron chi connectivity index (χ1n) is 7.34. The fourth-order valence-electron chi connectivity index (χ4n) is 2.17. The highest BCUT2D eigenvalue weighted by atomic mass is 32.1. The Morgan fingerprint density at radius 1 is 1.24 bits per heavy atom. The Morgan fingerprint density at radius 2 is 2.00 bits per heavy atom. The van der Waals surface area contributed by atoms with Crippen molar-refractivity contribution < 1.29 is 4.42 Å². The zero-order valence-electron chi connectivity index (χ0n) is 12.6. The lowest BCUT2D eigenvalue weighted by Gasteiger charge is -2.17. The summed E-state index contributed by atoms with van der Waals surface area (Å²) in [5, 5.41) is 7.07. The molecule has 0 aliphatic heterocycles. The number of thiocarbonyl (C=S) groups is 1. The third kappa shape index (κ3) is 4.90. The highest BCUT2D eigenvalue weighted by molar-refractivity contribution is 7.80. The molecular formula is C17H22N2OS. The number of benzene rings is 1. The van der Waals surface area contributed by atoms with Crippen LogP contribution in [-0.4, -0.2) is 5.11 Å². The van der Waals surface area contributed by atoms with E-state index >= 15 is 0 Å². The molecule has 1 heterocycles. The van der Waals surface area contributed by atoms with E-state index in [2.05, 4.69) is 48.7 Å². The van der Waals surface area contributed by atoms with Gasteiger partial charge in [-0.3, -0.25) is 0 Å². The molecule has 1 atom stereocenters. The van der Waals surface area contributed by atoms with E-state index in [4.69, 9.17) is 16.6 Å². The lowest BCUT2D eigenvalue weighted by molar-refractivity contribution is 0.501. The van der Waals surface area contributed by atoms with Crippen molar-refractivity contribution in [3.63, 3.8) is 0 Å². The van der Waals surface area contributed by atoms with Crippen LogP contribution in [0.2, 0.25) is 0 Å². The molecule has 4 heteroatoms. The normalized spacial score (nSPS) is 11.9. The summed E-state index contributed by atoms with van der Waals surface area (Å²) in [6.07, 6.45) is 3.97. The summed E-state index contributed by atoms with van der Waals surface area (Å²) < 4.78 is 5.26. The number of hydrogen-bond acceptors (Lipinski definition) is 2. The van der Waals surface area contributed by atoms with Crippen LogP contribution in [-0.2, 0) is 13.0 Å². The molecule has 0 saturated heterocycles. The lowest BCUT2D eigenvalue weighted by Crippen LogP contribution is -2.36. The van der Waals surface area contributed by atoms with Crippen LogP contribution < -0.4 is 10.6 Å². The van der Waals surface area contributed by atoms with E-state index < -0.39 is 0 Å². The van der Waals surface area contributed by atoms with Gasteiger partial charge in [-0.2, -0.15) is 0 Å². The number of rotatable bonds is 6. The largest absolute Gasteiger partial charge is 0.467 e. The zero-order chi connectivity index (χ0) is 15.1. The molecule has 1 aromatic heterocycles. The predicted octanol–water partition coefficient (Wildman–Crippen LogP) is 3.96. The molecule has 2 aromatic rings. The highest BCUT2D eigenvalue weighted by Crippen LogP contribution is 2.14. The van der Waals surface area contributed by atoms with Crippen molar-refractivity contribution in [3.05, 3.63) is 59.5 Å². The van der Waals surface area contributed by atoms with Crippen LogP contribution >= 0.6 is 12.2 Å². The Morgan fingerprint density at radius 3 is 2.62 bits per heavy atom. The van der Waals surface area contributed by atoms with Gasteiger partial charge in [0.25, 0.3) is 0 Å². The first kappa shape index (κ1) is 15.6. The topological polar surface area (TPSA) is 37.2 Å². The van der Waals surface area contributed by atoms with Crippen molar-refractivity contribution in [2.45, 2.75) is 39.3 Å². The summed E-state index contributed by atoms with van der Waals surface area (Å²) in [6.45, 7) is 4.90. The molecule has 1 aromatic carbocycles. The first-order valence-corrected chi connectivity index (χ1v) is 7.75. The summed E-state index contributed by atoms with van der Waals surface area (Å²) in [5.74, 6) is 0.871. The van der Waals surface area contributed by atoms with E-state index in [9.17, 15) is 0 Å². The van der Waals surface area contributed by atoms with Crippen molar-refractivity contribution >= 4 is 17.3 Å². The van der Waals surface area contributed by atoms with Gasteiger partial charge in [0.2, 0.25) is 0 Å². The average molecular weight is 302 g/mol. The van der Waals surface area contributed by atoms with Crippen LogP contribution in [0.5, 0.6) is 0 Å². The van der Waals surface area contributed by atoms with E-state index in [0.717, 1.165) is 12.2 Å². The quantitative estimate of drug-likeness (QED) is 0.792. The second-order valence-electron chi connectivity index (χ2n) is 5.12. The van der Waals surface area contributed by atoms with E-state index in [1.165, 1.54) is 17.5 Å². The van der Waals surface area contributed by atoms with Crippen molar-refractivity contribution in [2.75, 3.05) is 0 Å². The summed E-state index contributed by atoms with van der Waals surface area (Å²) in [5.41, 5.74) is 2.61. The third-order valence-electron chi connectivity index (χ3n) is 3.37. The van der Waals surface area contributed by atoms with Crippen LogP contribution in [0.15, 0.2) is 47.1 Å². The third-order valence-corrected chi connectivity index (χ3v) is 3.63. The Bertz CT molecular complexity index is 549. The molecule has 0 aliphatic carbocycles. The van der Waals surface area contributed by atoms with Crippen molar-refractivity contribution in [3.8, 4) is 0 Å². The maximum Gasteiger partial charge on any atom is 0.167 e. The van der Waals surface area contributed by atoms with Gasteiger partial charge < -0.3 is 15.1 Å². The molecule has 0 spiro atoms. The lowest BCUT2D eigenvalue weighted by atomic mass is 10.0. The van der Waals surface area contributed by atoms with Crippen LogP contribution in [0.25, 0.3) is 0 Å². The first-order chi connectivity index (χ1) is 10.2. The molecule has 21 heavy (non-hydrogen) atoms. The molecule has 0 radical (unpaired) electrons. The van der Waals surface area contributed by atoms with Gasteiger partial charge in [0.1, 0.15) is 5.76 Å². The minimum Gasteiger partial charge on any atom is -0.467 e. The summed E-state index contributed by atoms with van der Waals surface area (Å²) in [7, 11) is 0. The van der Waals surface area contributed by atoms with Crippen LogP contribution in [0.3, 0.4) is 0 Å². The van der Waals surface area contributed by atoms with Gasteiger partial charge in [-0.25, -0.2) is 0 Å². The molecular weight excluding hydrogens is 280 g/mol. The van der Waals surface area contributed by atoms with Crippen molar-refractivity contribution in [1.82, 2.24) is 10.6 Å². The molecule has 112 valence electrons. The molecule has 1 unspecified atom stereocenters. The molecule has 0 amide bonds. The van der Waals surface area contributed by atoms with Gasteiger partial charge in [0.05, 0.1) is 18.8 Å². The fourth-order valence-corrected chi connectivity index (χ4v) is 2.42. The second kappa shape index (κ2) is 7.84. The number of nitrogens with one attached hydrogen (secondary N) is 2. The molecule has 0 saturated carbocycles. The maximum absolute atomic E-state index is 5.31. The summed E-state index contributed by atoms with van der Waals surface area (Å²) >= 11 is 5.31. The number of hydrogen-bond donors (Lipinski definition) is 2. The Balaban J connectivity index is 1.82. The Kier molecular flexibility index (Phi) is 5.81. The van der Waals surface area contributed by atoms with Crippen molar-refractivity contribution in [1.29, 1.82) is 0 Å². The minimum absolute atomic E-state index is 0.178. The highest BCUT2D eigenvalue weighted by Gasteiger charge is 2.07. The minimum atomic E-state index is 0.178. The zero-order valence-corrected chi connectivity index (χ0v) is 13.4. The van der Waals surface area contributed by atoms with Gasteiger partial charge in [0, 0.05) is 0 Å². The van der Waals surface area contributed by atoms with Gasteiger partial charge >= 0.3 is 0 Å². The van der Waals surface area contributed by atoms with Gasteiger partial charge in [-0.05, 0) is 48.8 Å². The summed E-state index contributed by atoms with van der Waals surface area (Å²) in [4.78, 5) is 0. The van der Waals surface area contributed by atoms with Gasteiger partial charge in [-0.1, -0.05) is 37.6 Å². The van der Waals surface area contributed by atoms with E-state index in [-0.39, 0.29) is 6.04 Å². The monoisotopic (exact) mass is 302 g/mol. The molecule has 0 aliphatic rings. The Hall–Kier alpha value is -1.81. The second-order valence-corrected chi connectivity index (χ2v) is 5.53. The van der Waals surface area contributed by atoms with E-state index in [1.807, 2.05) is 12.1 Å². The number of furan rings is 1. The van der Waals surface area contributed by atoms with Crippen molar-refractivity contribution in [2.24, 2.45) is 0 Å². The van der Waals surface area contributed by atoms with E-state index in [1.54, 1.807) is 6.26 Å². The molecule has 3 nitrogen and oxygen atoms in total. The average Bonchev–Trinajstić information content (AvgIpc) is 2.99. The van der Waals surface area contributed by atoms with Crippen LogP contribution in [0, 0.1) is 0 Å². The predicted molar refractivity (Wildman–Crippen MR) is 90.1 cm³/mol. The van der Waals surface area contributed by atoms with Gasteiger partial charge in [-0.15, -0.1) is 0 Å². The standard InChI is InChI=1S/C17H22N2OS/c1-3-5-14-7-9-15(10-8-14)13(2)19-17(21)18-12-16-6-4-11-20-16/h4,6-11,13H,3,5,12H2,1-2H3,(H2,18,19,21). The van der Waals surface area contributed by atoms with Crippen LogP contribution in [0.1, 0.15) is 43.2 Å². The number of aryl methyl sites for hydroxylation is 1. The molecule has 0 bridgehead atoms. The Labute approximate surface area is 131 Å². The molecule has 2 rings (SSSR count). The van der Waals surface area contributed by atoms with Crippen LogP contribution in [0.4, 0.5) is 0 Å².